The molecule has 96 valence electrons. The molecule has 3 heteroatoms. The highest BCUT2D eigenvalue weighted by Gasteiger charge is 2.22. The van der Waals surface area contributed by atoms with Crippen LogP contribution in [0.5, 0.6) is 5.75 Å². The Labute approximate surface area is 112 Å². The summed E-state index contributed by atoms with van der Waals surface area (Å²) in [5.74, 6) is 0.722. The second-order valence-corrected chi connectivity index (χ2v) is 4.56. The van der Waals surface area contributed by atoms with Gasteiger partial charge in [0.05, 0.1) is 12.1 Å². The SMILES string of the molecule is O=C1c2ccccc2OCCN1Cc1ccccc1. The molecule has 0 saturated carbocycles. The molecule has 0 aromatic heterocycles. The Kier molecular flexibility index (Phi) is 3.19. The van der Waals surface area contributed by atoms with E-state index in [9.17, 15) is 4.79 Å². The van der Waals surface area contributed by atoms with Crippen LogP contribution in [0.1, 0.15) is 15.9 Å². The fraction of sp³-hybridized carbons (Fsp3) is 0.188. The molecule has 0 bridgehead atoms. The lowest BCUT2D eigenvalue weighted by Gasteiger charge is -2.19. The molecular weight excluding hydrogens is 238 g/mol. The van der Waals surface area contributed by atoms with E-state index in [1.165, 1.54) is 0 Å². The van der Waals surface area contributed by atoms with Crippen LogP contribution >= 0.6 is 0 Å². The van der Waals surface area contributed by atoms with Crippen molar-refractivity contribution in [2.24, 2.45) is 0 Å². The van der Waals surface area contributed by atoms with Crippen molar-refractivity contribution in [3.8, 4) is 5.75 Å². The van der Waals surface area contributed by atoms with Crippen LogP contribution in [-0.2, 0) is 6.54 Å². The summed E-state index contributed by atoms with van der Waals surface area (Å²) in [6.07, 6.45) is 0. The average Bonchev–Trinajstić information content (AvgIpc) is 2.61. The molecule has 1 aliphatic rings. The zero-order valence-electron chi connectivity index (χ0n) is 10.6. The van der Waals surface area contributed by atoms with Crippen molar-refractivity contribution in [2.45, 2.75) is 6.54 Å². The van der Waals surface area contributed by atoms with Crippen LogP contribution in [0.4, 0.5) is 0 Å². The van der Waals surface area contributed by atoms with Gasteiger partial charge in [0.1, 0.15) is 12.4 Å². The van der Waals surface area contributed by atoms with Crippen molar-refractivity contribution in [2.75, 3.05) is 13.2 Å². The zero-order valence-corrected chi connectivity index (χ0v) is 10.6. The molecule has 0 fully saturated rings. The number of fused-ring (bicyclic) bond motifs is 1. The molecule has 0 unspecified atom stereocenters. The van der Waals surface area contributed by atoms with Crippen LogP contribution in [0, 0.1) is 0 Å². The summed E-state index contributed by atoms with van der Waals surface area (Å²) >= 11 is 0. The van der Waals surface area contributed by atoms with E-state index in [0.717, 1.165) is 5.56 Å². The van der Waals surface area contributed by atoms with Gasteiger partial charge in [-0.1, -0.05) is 42.5 Å². The van der Waals surface area contributed by atoms with Gasteiger partial charge in [-0.2, -0.15) is 0 Å². The maximum absolute atomic E-state index is 12.5. The second-order valence-electron chi connectivity index (χ2n) is 4.56. The number of nitrogens with zero attached hydrogens (tertiary/aromatic N) is 1. The number of amides is 1. The van der Waals surface area contributed by atoms with E-state index in [0.29, 0.717) is 31.0 Å². The minimum absolute atomic E-state index is 0.0388. The molecule has 0 atom stereocenters. The van der Waals surface area contributed by atoms with Crippen molar-refractivity contribution in [1.82, 2.24) is 4.90 Å². The molecule has 1 amide bonds. The minimum Gasteiger partial charge on any atom is -0.491 e. The monoisotopic (exact) mass is 253 g/mol. The molecule has 0 saturated heterocycles. The number of carbonyl (C=O) groups is 1. The summed E-state index contributed by atoms with van der Waals surface area (Å²) in [5, 5.41) is 0. The first-order chi connectivity index (χ1) is 9.34. The van der Waals surface area contributed by atoms with Crippen LogP contribution in [0.25, 0.3) is 0 Å². The van der Waals surface area contributed by atoms with Gasteiger partial charge in [0.25, 0.3) is 5.91 Å². The Morgan fingerprint density at radius 3 is 2.58 bits per heavy atom. The lowest BCUT2D eigenvalue weighted by atomic mass is 10.1. The quantitative estimate of drug-likeness (QED) is 0.823. The predicted molar refractivity (Wildman–Crippen MR) is 73.1 cm³/mol. The molecule has 2 aromatic rings. The summed E-state index contributed by atoms with van der Waals surface area (Å²) in [6, 6.07) is 17.4. The van der Waals surface area contributed by atoms with E-state index in [1.54, 1.807) is 0 Å². The van der Waals surface area contributed by atoms with Crippen molar-refractivity contribution < 1.29 is 9.53 Å². The third-order valence-corrected chi connectivity index (χ3v) is 3.24. The molecule has 0 N–H and O–H groups in total. The zero-order chi connectivity index (χ0) is 13.1. The number of carbonyl (C=O) groups excluding carboxylic acids is 1. The Bertz CT molecular complexity index is 580. The molecule has 3 nitrogen and oxygen atoms in total. The molecule has 1 aliphatic heterocycles. The Balaban J connectivity index is 1.86. The summed E-state index contributed by atoms with van der Waals surface area (Å²) in [7, 11) is 0. The summed E-state index contributed by atoms with van der Waals surface area (Å²) in [6.45, 7) is 1.77. The van der Waals surface area contributed by atoms with Gasteiger partial charge in [-0.25, -0.2) is 0 Å². The van der Waals surface area contributed by atoms with Gasteiger partial charge in [0, 0.05) is 6.54 Å². The maximum Gasteiger partial charge on any atom is 0.258 e. The lowest BCUT2D eigenvalue weighted by Crippen LogP contribution is -2.31. The molecule has 19 heavy (non-hydrogen) atoms. The minimum atomic E-state index is 0.0388. The first-order valence-corrected chi connectivity index (χ1v) is 6.39. The van der Waals surface area contributed by atoms with Gasteiger partial charge < -0.3 is 9.64 Å². The van der Waals surface area contributed by atoms with Gasteiger partial charge in [0.15, 0.2) is 0 Å². The Hall–Kier alpha value is -2.29. The van der Waals surface area contributed by atoms with E-state index >= 15 is 0 Å². The summed E-state index contributed by atoms with van der Waals surface area (Å²) in [5.41, 5.74) is 1.78. The van der Waals surface area contributed by atoms with Crippen molar-refractivity contribution >= 4 is 5.91 Å². The fourth-order valence-electron chi connectivity index (χ4n) is 2.26. The number of rotatable bonds is 2. The molecule has 0 aliphatic carbocycles. The topological polar surface area (TPSA) is 29.5 Å². The largest absolute Gasteiger partial charge is 0.491 e. The smallest absolute Gasteiger partial charge is 0.258 e. The van der Waals surface area contributed by atoms with Gasteiger partial charge in [-0.15, -0.1) is 0 Å². The third kappa shape index (κ3) is 2.45. The first kappa shape index (κ1) is 11.8. The normalized spacial score (nSPS) is 14.5. The third-order valence-electron chi connectivity index (χ3n) is 3.24. The molecular formula is C16H15NO2. The van der Waals surface area contributed by atoms with E-state index < -0.39 is 0 Å². The van der Waals surface area contributed by atoms with Crippen molar-refractivity contribution in [3.63, 3.8) is 0 Å². The van der Waals surface area contributed by atoms with E-state index in [4.69, 9.17) is 4.74 Å². The van der Waals surface area contributed by atoms with Gasteiger partial charge >= 0.3 is 0 Å². The first-order valence-electron chi connectivity index (χ1n) is 6.39. The van der Waals surface area contributed by atoms with E-state index in [-0.39, 0.29) is 5.91 Å². The number of benzene rings is 2. The molecule has 0 radical (unpaired) electrons. The van der Waals surface area contributed by atoms with E-state index in [1.807, 2.05) is 59.5 Å². The highest BCUT2D eigenvalue weighted by Crippen LogP contribution is 2.23. The van der Waals surface area contributed by atoms with Gasteiger partial charge in [-0.05, 0) is 17.7 Å². The number of ether oxygens (including phenoxy) is 1. The Morgan fingerprint density at radius 1 is 1.00 bits per heavy atom. The number of hydrogen-bond donors (Lipinski definition) is 0. The second kappa shape index (κ2) is 5.14. The van der Waals surface area contributed by atoms with Crippen LogP contribution in [0.2, 0.25) is 0 Å². The highest BCUT2D eigenvalue weighted by molar-refractivity contribution is 5.97. The van der Waals surface area contributed by atoms with Crippen LogP contribution in [-0.4, -0.2) is 24.0 Å². The van der Waals surface area contributed by atoms with Crippen molar-refractivity contribution in [1.29, 1.82) is 0 Å². The maximum atomic E-state index is 12.5. The van der Waals surface area contributed by atoms with Crippen LogP contribution in [0.15, 0.2) is 54.6 Å². The lowest BCUT2D eigenvalue weighted by molar-refractivity contribution is 0.0743. The van der Waals surface area contributed by atoms with Gasteiger partial charge in [-0.3, -0.25) is 4.79 Å². The fourth-order valence-corrected chi connectivity index (χ4v) is 2.26. The number of hydrogen-bond acceptors (Lipinski definition) is 2. The van der Waals surface area contributed by atoms with Crippen molar-refractivity contribution in [3.05, 3.63) is 65.7 Å². The Morgan fingerprint density at radius 2 is 1.74 bits per heavy atom. The average molecular weight is 253 g/mol. The van der Waals surface area contributed by atoms with Crippen LogP contribution < -0.4 is 4.74 Å². The molecule has 3 rings (SSSR count). The van der Waals surface area contributed by atoms with Crippen LogP contribution in [0.3, 0.4) is 0 Å². The summed E-state index contributed by atoms with van der Waals surface area (Å²) < 4.78 is 5.62. The standard InChI is InChI=1S/C16H15NO2/c18-16-14-8-4-5-9-15(14)19-11-10-17(16)12-13-6-2-1-3-7-13/h1-9H,10-12H2. The van der Waals surface area contributed by atoms with Gasteiger partial charge in [0.2, 0.25) is 0 Å². The highest BCUT2D eigenvalue weighted by atomic mass is 16.5. The van der Waals surface area contributed by atoms with E-state index in [2.05, 4.69) is 0 Å². The molecule has 0 spiro atoms. The summed E-state index contributed by atoms with van der Waals surface area (Å²) in [4.78, 5) is 14.3. The number of para-hydroxylation sites is 1. The predicted octanol–water partition coefficient (Wildman–Crippen LogP) is 2.72. The molecule has 1 heterocycles. The molecule has 2 aromatic carbocycles.